The zero-order valence-electron chi connectivity index (χ0n) is 13.8. The van der Waals surface area contributed by atoms with E-state index in [1.54, 1.807) is 18.1 Å². The van der Waals surface area contributed by atoms with Crippen LogP contribution in [0.4, 0.5) is 10.5 Å². The molecule has 0 spiro atoms. The lowest BCUT2D eigenvalue weighted by atomic mass is 10.1. The molecule has 2 heterocycles. The van der Waals surface area contributed by atoms with Crippen LogP contribution in [0, 0.1) is 6.92 Å². The highest BCUT2D eigenvalue weighted by Crippen LogP contribution is 2.16. The van der Waals surface area contributed by atoms with Crippen LogP contribution >= 0.6 is 0 Å². The molecule has 0 radical (unpaired) electrons. The summed E-state index contributed by atoms with van der Waals surface area (Å²) in [5.74, 6) is 0.121. The van der Waals surface area contributed by atoms with Crippen molar-refractivity contribution in [2.75, 3.05) is 18.9 Å². The van der Waals surface area contributed by atoms with E-state index in [0.717, 1.165) is 11.4 Å². The molecule has 0 saturated carbocycles. The van der Waals surface area contributed by atoms with Crippen molar-refractivity contribution in [2.45, 2.75) is 25.8 Å². The van der Waals surface area contributed by atoms with Crippen LogP contribution in [0.1, 0.15) is 18.5 Å². The van der Waals surface area contributed by atoms with Crippen molar-refractivity contribution in [2.24, 2.45) is 0 Å². The third-order valence-corrected chi connectivity index (χ3v) is 4.14. The third kappa shape index (κ3) is 3.56. The van der Waals surface area contributed by atoms with Crippen molar-refractivity contribution in [1.82, 2.24) is 20.0 Å². The lowest BCUT2D eigenvalue weighted by Gasteiger charge is -2.30. The topological polar surface area (TPSA) is 79.3 Å². The summed E-state index contributed by atoms with van der Waals surface area (Å²) in [5.41, 5.74) is 2.60. The molecule has 7 nitrogen and oxygen atoms in total. The molecule has 0 bridgehead atoms. The molecule has 24 heavy (non-hydrogen) atoms. The van der Waals surface area contributed by atoms with Gasteiger partial charge in [-0.15, -0.1) is 0 Å². The second-order valence-corrected chi connectivity index (χ2v) is 6.04. The van der Waals surface area contributed by atoms with Gasteiger partial charge in [0.15, 0.2) is 0 Å². The van der Waals surface area contributed by atoms with E-state index in [9.17, 15) is 9.59 Å². The maximum Gasteiger partial charge on any atom is 0.319 e. The smallest absolute Gasteiger partial charge is 0.319 e. The molecule has 3 rings (SSSR count). The summed E-state index contributed by atoms with van der Waals surface area (Å²) in [5, 5.41) is 10.0. The number of likely N-dealkylation sites (tertiary alicyclic amines) is 1. The van der Waals surface area contributed by atoms with E-state index in [2.05, 4.69) is 15.7 Å². The van der Waals surface area contributed by atoms with Crippen molar-refractivity contribution in [3.63, 3.8) is 0 Å². The monoisotopic (exact) mass is 327 g/mol. The van der Waals surface area contributed by atoms with Crippen molar-refractivity contribution >= 4 is 17.6 Å². The van der Waals surface area contributed by atoms with Crippen LogP contribution in [0.15, 0.2) is 36.5 Å². The zero-order chi connectivity index (χ0) is 17.1. The number of carbonyl (C=O) groups excluding carboxylic acids is 2. The van der Waals surface area contributed by atoms with E-state index in [1.165, 1.54) is 0 Å². The number of benzene rings is 1. The van der Waals surface area contributed by atoms with E-state index in [1.807, 2.05) is 41.9 Å². The lowest BCUT2D eigenvalue weighted by Crippen LogP contribution is -2.49. The van der Waals surface area contributed by atoms with Gasteiger partial charge in [-0.25, -0.2) is 9.48 Å². The summed E-state index contributed by atoms with van der Waals surface area (Å²) in [4.78, 5) is 25.3. The highest BCUT2D eigenvalue weighted by molar-refractivity contribution is 5.90. The van der Waals surface area contributed by atoms with Gasteiger partial charge in [0.25, 0.3) is 0 Å². The fraction of sp³-hybridized carbons (Fsp3) is 0.353. The molecule has 3 amide bonds. The first kappa shape index (κ1) is 16.0. The number of likely N-dealkylation sites (N-methyl/N-ethyl adjacent to an activating group) is 1. The third-order valence-electron chi connectivity index (χ3n) is 4.14. The highest BCUT2D eigenvalue weighted by Gasteiger charge is 2.23. The minimum absolute atomic E-state index is 0.0238. The summed E-state index contributed by atoms with van der Waals surface area (Å²) in [6.45, 7) is 2.51. The van der Waals surface area contributed by atoms with E-state index >= 15 is 0 Å². The van der Waals surface area contributed by atoms with Crippen molar-refractivity contribution in [3.8, 4) is 5.69 Å². The molecule has 0 aliphatic carbocycles. The molecular formula is C17H21N5O2. The zero-order valence-corrected chi connectivity index (χ0v) is 13.8. The Bertz CT molecular complexity index is 755. The maximum absolute atomic E-state index is 12.2. The molecule has 1 aliphatic heterocycles. The van der Waals surface area contributed by atoms with Crippen LogP contribution in [0.5, 0.6) is 0 Å². The number of aryl methyl sites for hydroxylation is 1. The predicted octanol–water partition coefficient (Wildman–Crippen LogP) is 1.92. The fourth-order valence-corrected chi connectivity index (χ4v) is 2.84. The van der Waals surface area contributed by atoms with Gasteiger partial charge in [0.1, 0.15) is 0 Å². The normalized spacial score (nSPS) is 17.7. The van der Waals surface area contributed by atoms with Crippen molar-refractivity contribution in [1.29, 1.82) is 0 Å². The summed E-state index contributed by atoms with van der Waals surface area (Å²) in [7, 11) is 1.75. The molecule has 1 fully saturated rings. The fourth-order valence-electron chi connectivity index (χ4n) is 2.84. The summed E-state index contributed by atoms with van der Waals surface area (Å²) in [6, 6.07) is 9.15. The van der Waals surface area contributed by atoms with Crippen LogP contribution in [-0.2, 0) is 4.79 Å². The van der Waals surface area contributed by atoms with E-state index in [-0.39, 0.29) is 18.0 Å². The Labute approximate surface area is 140 Å². The molecule has 1 atom stereocenters. The van der Waals surface area contributed by atoms with Crippen LogP contribution in [-0.4, -0.2) is 46.3 Å². The van der Waals surface area contributed by atoms with Gasteiger partial charge in [0.2, 0.25) is 5.91 Å². The largest absolute Gasteiger partial charge is 0.344 e. The quantitative estimate of drug-likeness (QED) is 0.904. The number of amides is 3. The number of piperidine rings is 1. The molecule has 7 heteroatoms. The average Bonchev–Trinajstić information content (AvgIpc) is 2.97. The van der Waals surface area contributed by atoms with E-state index < -0.39 is 0 Å². The predicted molar refractivity (Wildman–Crippen MR) is 91.1 cm³/mol. The molecule has 2 aromatic rings. The summed E-state index contributed by atoms with van der Waals surface area (Å²) >= 11 is 0. The minimum atomic E-state index is -0.267. The van der Waals surface area contributed by atoms with Crippen LogP contribution in [0.25, 0.3) is 5.69 Å². The Kier molecular flexibility index (Phi) is 4.50. The average molecular weight is 327 g/mol. The Balaban J connectivity index is 1.63. The summed E-state index contributed by atoms with van der Waals surface area (Å²) < 4.78 is 1.81. The second-order valence-electron chi connectivity index (χ2n) is 6.04. The number of nitrogens with zero attached hydrogens (tertiary/aromatic N) is 3. The highest BCUT2D eigenvalue weighted by atomic mass is 16.2. The standard InChI is InChI=1S/C17H21N5O2/c1-12-8-9-18-22(12)15-5-3-4-13(10-15)19-17(24)20-14-6-7-16(23)21(2)11-14/h3-5,8-10,14H,6-7,11H2,1-2H3,(H2,19,20,24). The molecular weight excluding hydrogens is 306 g/mol. The number of urea groups is 1. The summed E-state index contributed by atoms with van der Waals surface area (Å²) in [6.07, 6.45) is 2.88. The Hall–Kier alpha value is -2.83. The SMILES string of the molecule is Cc1ccnn1-c1cccc(NC(=O)NC2CCC(=O)N(C)C2)c1. The van der Waals surface area contributed by atoms with Gasteiger partial charge in [0, 0.05) is 43.6 Å². The molecule has 126 valence electrons. The van der Waals surface area contributed by atoms with Crippen LogP contribution in [0.2, 0.25) is 0 Å². The molecule has 2 N–H and O–H groups in total. The van der Waals surface area contributed by atoms with Crippen molar-refractivity contribution in [3.05, 3.63) is 42.2 Å². The van der Waals surface area contributed by atoms with E-state index in [0.29, 0.717) is 25.1 Å². The Morgan fingerprint density at radius 1 is 1.33 bits per heavy atom. The second kappa shape index (κ2) is 6.74. The molecule has 1 unspecified atom stereocenters. The number of aromatic nitrogens is 2. The van der Waals surface area contributed by atoms with Gasteiger partial charge in [-0.2, -0.15) is 5.10 Å². The van der Waals surface area contributed by atoms with E-state index in [4.69, 9.17) is 0 Å². The number of hydrogen-bond acceptors (Lipinski definition) is 3. The van der Waals surface area contributed by atoms with Crippen LogP contribution < -0.4 is 10.6 Å². The van der Waals surface area contributed by atoms with Gasteiger partial charge in [-0.05, 0) is 37.6 Å². The Morgan fingerprint density at radius 2 is 2.17 bits per heavy atom. The molecule has 1 aromatic carbocycles. The first-order valence-electron chi connectivity index (χ1n) is 7.95. The number of nitrogens with one attached hydrogen (secondary N) is 2. The van der Waals surface area contributed by atoms with Crippen molar-refractivity contribution < 1.29 is 9.59 Å². The molecule has 1 saturated heterocycles. The number of rotatable bonds is 3. The number of carbonyl (C=O) groups is 2. The van der Waals surface area contributed by atoms with Gasteiger partial charge in [-0.3, -0.25) is 4.79 Å². The van der Waals surface area contributed by atoms with Gasteiger partial charge < -0.3 is 15.5 Å². The first-order valence-corrected chi connectivity index (χ1v) is 7.95. The van der Waals surface area contributed by atoms with Gasteiger partial charge >= 0.3 is 6.03 Å². The molecule has 1 aromatic heterocycles. The number of hydrogen-bond donors (Lipinski definition) is 2. The minimum Gasteiger partial charge on any atom is -0.344 e. The van der Waals surface area contributed by atoms with Gasteiger partial charge in [-0.1, -0.05) is 6.07 Å². The lowest BCUT2D eigenvalue weighted by molar-refractivity contribution is -0.132. The van der Waals surface area contributed by atoms with Gasteiger partial charge in [0.05, 0.1) is 5.69 Å². The Morgan fingerprint density at radius 3 is 2.88 bits per heavy atom. The molecule has 1 aliphatic rings. The first-order chi connectivity index (χ1) is 11.5. The number of anilines is 1. The van der Waals surface area contributed by atoms with Crippen LogP contribution in [0.3, 0.4) is 0 Å². The maximum atomic E-state index is 12.2.